The number of carbonyl (C=O) groups excluding carboxylic acids is 2. The molecule has 2 amide bonds. The van der Waals surface area contributed by atoms with E-state index in [0.717, 1.165) is 10.5 Å². The van der Waals surface area contributed by atoms with Gasteiger partial charge in [-0.3, -0.25) is 19.8 Å². The molecule has 7 nitrogen and oxygen atoms in total. The number of benzene rings is 3. The van der Waals surface area contributed by atoms with Crippen molar-refractivity contribution in [2.75, 3.05) is 11.5 Å². The molecule has 1 aliphatic rings. The third kappa shape index (κ3) is 5.78. The molecule has 4 rings (SSSR count). The van der Waals surface area contributed by atoms with Crippen LogP contribution in [0.2, 0.25) is 10.0 Å². The van der Waals surface area contributed by atoms with Crippen molar-refractivity contribution in [3.8, 4) is 17.6 Å². The highest BCUT2D eigenvalue weighted by Gasteiger charge is 2.35. The second kappa shape index (κ2) is 12.1. The molecular formula is C27H18Cl2IN3O4S. The molecule has 1 saturated heterocycles. The number of hydrogen-bond donors (Lipinski definition) is 1. The number of ether oxygens (including phenoxy) is 2. The Morgan fingerprint density at radius 3 is 2.63 bits per heavy atom. The number of halogens is 3. The first-order valence-corrected chi connectivity index (χ1v) is 13.4. The largest absolute Gasteiger partial charge is 0.490 e. The van der Waals surface area contributed by atoms with E-state index >= 15 is 0 Å². The second-order valence-electron chi connectivity index (χ2n) is 7.85. The Bertz CT molecular complexity index is 1540. The van der Waals surface area contributed by atoms with E-state index in [1.54, 1.807) is 42.5 Å². The summed E-state index contributed by atoms with van der Waals surface area (Å²) in [6.07, 6.45) is 1.45. The summed E-state index contributed by atoms with van der Waals surface area (Å²) < 4.78 is 12.5. The molecule has 38 heavy (non-hydrogen) atoms. The highest BCUT2D eigenvalue weighted by Crippen LogP contribution is 2.37. The number of nitrogens with zero attached hydrogens (tertiary/aromatic N) is 2. The molecule has 0 aromatic heterocycles. The van der Waals surface area contributed by atoms with Gasteiger partial charge in [0.05, 0.1) is 37.5 Å². The highest BCUT2D eigenvalue weighted by atomic mass is 127. The molecule has 0 aliphatic carbocycles. The third-order valence-corrected chi connectivity index (χ3v) is 7.32. The highest BCUT2D eigenvalue weighted by molar-refractivity contribution is 14.1. The summed E-state index contributed by atoms with van der Waals surface area (Å²) in [6.45, 7) is 2.35. The van der Waals surface area contributed by atoms with Crippen LogP contribution < -0.4 is 19.7 Å². The lowest BCUT2D eigenvalue weighted by atomic mass is 10.1. The van der Waals surface area contributed by atoms with Crippen LogP contribution in [0.15, 0.2) is 60.2 Å². The molecule has 0 unspecified atom stereocenters. The quantitative estimate of drug-likeness (QED) is 0.137. The first-order valence-electron chi connectivity index (χ1n) is 11.2. The molecular weight excluding hydrogens is 660 g/mol. The average Bonchev–Trinajstić information content (AvgIpc) is 2.89. The summed E-state index contributed by atoms with van der Waals surface area (Å²) in [5.41, 5.74) is 1.90. The van der Waals surface area contributed by atoms with Crippen LogP contribution in [-0.2, 0) is 16.2 Å². The van der Waals surface area contributed by atoms with E-state index in [9.17, 15) is 14.9 Å². The molecule has 1 N–H and O–H groups in total. The van der Waals surface area contributed by atoms with E-state index in [-0.39, 0.29) is 33.0 Å². The lowest BCUT2D eigenvalue weighted by Crippen LogP contribution is -2.54. The van der Waals surface area contributed by atoms with Crippen LogP contribution in [0.4, 0.5) is 5.69 Å². The van der Waals surface area contributed by atoms with Gasteiger partial charge in [-0.05, 0) is 83.7 Å². The molecule has 0 bridgehead atoms. The van der Waals surface area contributed by atoms with Gasteiger partial charge < -0.3 is 9.47 Å². The van der Waals surface area contributed by atoms with Crippen molar-refractivity contribution in [2.24, 2.45) is 0 Å². The monoisotopic (exact) mass is 677 g/mol. The Morgan fingerprint density at radius 2 is 1.89 bits per heavy atom. The van der Waals surface area contributed by atoms with Crippen LogP contribution in [0.5, 0.6) is 11.5 Å². The van der Waals surface area contributed by atoms with Crippen molar-refractivity contribution in [3.05, 3.63) is 90.5 Å². The summed E-state index contributed by atoms with van der Waals surface area (Å²) in [7, 11) is 0. The number of nitriles is 1. The second-order valence-corrected chi connectivity index (χ2v) is 10.2. The normalized spacial score (nSPS) is 14.3. The summed E-state index contributed by atoms with van der Waals surface area (Å²) in [6, 6.07) is 17.5. The Kier molecular flexibility index (Phi) is 8.89. The van der Waals surface area contributed by atoms with Crippen molar-refractivity contribution in [1.29, 1.82) is 5.26 Å². The van der Waals surface area contributed by atoms with Gasteiger partial charge in [-0.25, -0.2) is 0 Å². The van der Waals surface area contributed by atoms with E-state index in [4.69, 9.17) is 44.9 Å². The van der Waals surface area contributed by atoms with Gasteiger partial charge in [0.15, 0.2) is 16.6 Å². The summed E-state index contributed by atoms with van der Waals surface area (Å²) >= 11 is 19.8. The van der Waals surface area contributed by atoms with Crippen molar-refractivity contribution in [2.45, 2.75) is 13.5 Å². The van der Waals surface area contributed by atoms with Crippen molar-refractivity contribution < 1.29 is 19.1 Å². The average molecular weight is 678 g/mol. The van der Waals surface area contributed by atoms with E-state index in [0.29, 0.717) is 32.8 Å². The van der Waals surface area contributed by atoms with Gasteiger partial charge in [0.2, 0.25) is 0 Å². The maximum atomic E-state index is 13.4. The maximum Gasteiger partial charge on any atom is 0.270 e. The Balaban J connectivity index is 1.69. The molecule has 192 valence electrons. The fraction of sp³-hybridized carbons (Fsp3) is 0.111. The number of nitrogens with one attached hydrogen (secondary N) is 1. The predicted octanol–water partition coefficient (Wildman–Crippen LogP) is 6.28. The van der Waals surface area contributed by atoms with Gasteiger partial charge >= 0.3 is 0 Å². The van der Waals surface area contributed by atoms with Crippen molar-refractivity contribution in [3.63, 3.8) is 0 Å². The SMILES string of the molecule is CCOc1cc(/C=C2\C(=O)NC(=S)N(c3cccc(Cl)c3Cl)C2=O)cc(I)c1OCc1ccccc1C#N. The van der Waals surface area contributed by atoms with E-state index in [1.807, 2.05) is 19.1 Å². The van der Waals surface area contributed by atoms with Crippen LogP contribution in [0.25, 0.3) is 6.08 Å². The Labute approximate surface area is 248 Å². The molecule has 1 heterocycles. The minimum Gasteiger partial charge on any atom is -0.490 e. The molecule has 0 radical (unpaired) electrons. The van der Waals surface area contributed by atoms with Crippen LogP contribution in [0, 0.1) is 14.9 Å². The van der Waals surface area contributed by atoms with Crippen molar-refractivity contribution >= 4 is 86.7 Å². The van der Waals surface area contributed by atoms with Gasteiger partial charge in [0, 0.05) is 5.56 Å². The van der Waals surface area contributed by atoms with Gasteiger partial charge in [0.1, 0.15) is 12.2 Å². The smallest absolute Gasteiger partial charge is 0.270 e. The Hall–Kier alpha value is -3.17. The van der Waals surface area contributed by atoms with Crippen molar-refractivity contribution in [1.82, 2.24) is 5.32 Å². The third-order valence-electron chi connectivity index (χ3n) is 5.43. The number of anilines is 1. The van der Waals surface area contributed by atoms with Gasteiger partial charge in [-0.15, -0.1) is 0 Å². The number of rotatable bonds is 7. The first kappa shape index (κ1) is 27.9. The van der Waals surface area contributed by atoms with E-state index < -0.39 is 11.8 Å². The fourth-order valence-corrected chi connectivity index (χ4v) is 5.12. The molecule has 3 aromatic carbocycles. The number of thiocarbonyl (C=S) groups is 1. The topological polar surface area (TPSA) is 91.7 Å². The summed E-state index contributed by atoms with van der Waals surface area (Å²) in [4.78, 5) is 27.3. The van der Waals surface area contributed by atoms with Crippen LogP contribution in [0.1, 0.15) is 23.6 Å². The molecule has 3 aromatic rings. The number of amides is 2. The molecule has 0 atom stereocenters. The van der Waals surface area contributed by atoms with E-state index in [1.165, 1.54) is 6.08 Å². The van der Waals surface area contributed by atoms with Gasteiger partial charge in [0.25, 0.3) is 11.8 Å². The zero-order valence-electron chi connectivity index (χ0n) is 19.8. The maximum absolute atomic E-state index is 13.4. The van der Waals surface area contributed by atoms with Gasteiger partial charge in [-0.1, -0.05) is 47.5 Å². The molecule has 1 fully saturated rings. The lowest BCUT2D eigenvalue weighted by molar-refractivity contribution is -0.122. The van der Waals surface area contributed by atoms with Crippen LogP contribution >= 0.6 is 58.0 Å². The van der Waals surface area contributed by atoms with Crippen LogP contribution in [-0.4, -0.2) is 23.5 Å². The zero-order chi connectivity index (χ0) is 27.4. The Morgan fingerprint density at radius 1 is 1.13 bits per heavy atom. The standard InChI is InChI=1S/C27H18Cl2IN3O4S/c1-2-36-22-12-15(11-20(30)24(22)37-14-17-7-4-3-6-16(17)13-31)10-18-25(34)32-27(38)33(26(18)35)21-9-5-8-19(28)23(21)29/h3-12H,2,14H2,1H3,(H,32,34,38)/b18-10+. The fourth-order valence-electron chi connectivity index (χ4n) is 3.69. The predicted molar refractivity (Wildman–Crippen MR) is 158 cm³/mol. The molecule has 1 aliphatic heterocycles. The minimum absolute atomic E-state index is 0.104. The van der Waals surface area contributed by atoms with Gasteiger partial charge in [-0.2, -0.15) is 5.26 Å². The molecule has 0 spiro atoms. The number of carbonyl (C=O) groups is 2. The van der Waals surface area contributed by atoms with E-state index in [2.05, 4.69) is 34.0 Å². The first-order chi connectivity index (χ1) is 18.2. The number of hydrogen-bond acceptors (Lipinski definition) is 6. The minimum atomic E-state index is -0.649. The summed E-state index contributed by atoms with van der Waals surface area (Å²) in [5.74, 6) is -0.384. The zero-order valence-corrected chi connectivity index (χ0v) is 24.2. The molecule has 0 saturated carbocycles. The summed E-state index contributed by atoms with van der Waals surface area (Å²) in [5, 5.41) is 12.2. The van der Waals surface area contributed by atoms with Crippen LogP contribution in [0.3, 0.4) is 0 Å². The lowest BCUT2D eigenvalue weighted by Gasteiger charge is -2.29. The molecule has 11 heteroatoms.